The molecule has 35 heavy (non-hydrogen) atoms. The van der Waals surface area contributed by atoms with Gasteiger partial charge in [-0.1, -0.05) is 18.6 Å². The molecule has 0 radical (unpaired) electrons. The highest BCUT2D eigenvalue weighted by Crippen LogP contribution is 2.45. The summed E-state index contributed by atoms with van der Waals surface area (Å²) in [5.74, 6) is -0.786. The second-order valence-electron chi connectivity index (χ2n) is 10.4. The number of benzene rings is 1. The number of methoxy groups -OCH3 is 1. The van der Waals surface area contributed by atoms with Crippen molar-refractivity contribution in [3.05, 3.63) is 35.6 Å². The van der Waals surface area contributed by atoms with Crippen molar-refractivity contribution in [3.8, 4) is 0 Å². The Morgan fingerprint density at radius 1 is 1.17 bits per heavy atom. The van der Waals surface area contributed by atoms with Gasteiger partial charge in [-0.3, -0.25) is 14.4 Å². The number of hydrogen-bond acceptors (Lipinski definition) is 5. The third kappa shape index (κ3) is 5.68. The summed E-state index contributed by atoms with van der Waals surface area (Å²) in [6.07, 6.45) is 6.97. The highest BCUT2D eigenvalue weighted by atomic mass is 19.1. The SMILES string of the molecule is COCC(=O)N(C)[C@@H](Cc1ccc(F)cc1)C1CCN(C(=O)[C@H]2CC(=O)OC23CCCCC3)CC1. The van der Waals surface area contributed by atoms with E-state index in [0.29, 0.717) is 19.5 Å². The Morgan fingerprint density at radius 2 is 1.83 bits per heavy atom. The Hall–Kier alpha value is -2.48. The van der Waals surface area contributed by atoms with Gasteiger partial charge in [0.2, 0.25) is 11.8 Å². The molecule has 2 saturated heterocycles. The van der Waals surface area contributed by atoms with Gasteiger partial charge in [0.1, 0.15) is 18.0 Å². The van der Waals surface area contributed by atoms with E-state index in [2.05, 4.69) is 0 Å². The van der Waals surface area contributed by atoms with E-state index >= 15 is 0 Å². The lowest BCUT2D eigenvalue weighted by molar-refractivity contribution is -0.156. The molecule has 8 heteroatoms. The maximum absolute atomic E-state index is 13.5. The second kappa shape index (κ2) is 11.1. The summed E-state index contributed by atoms with van der Waals surface area (Å²) in [5, 5.41) is 0. The molecule has 2 aliphatic heterocycles. The fourth-order valence-electron chi connectivity index (χ4n) is 6.22. The first kappa shape index (κ1) is 25.6. The molecule has 0 unspecified atom stereocenters. The number of esters is 1. The first-order valence-corrected chi connectivity index (χ1v) is 12.8. The maximum atomic E-state index is 13.5. The van der Waals surface area contributed by atoms with Crippen molar-refractivity contribution in [2.75, 3.05) is 33.9 Å². The molecule has 1 saturated carbocycles. The predicted molar refractivity (Wildman–Crippen MR) is 128 cm³/mol. The van der Waals surface area contributed by atoms with Crippen molar-refractivity contribution in [2.24, 2.45) is 11.8 Å². The molecule has 1 aromatic rings. The molecule has 0 aromatic heterocycles. The van der Waals surface area contributed by atoms with Crippen LogP contribution in [0.2, 0.25) is 0 Å². The minimum atomic E-state index is -0.610. The van der Waals surface area contributed by atoms with Crippen molar-refractivity contribution in [2.45, 2.75) is 69.4 Å². The minimum absolute atomic E-state index is 0.00550. The zero-order valence-electron chi connectivity index (χ0n) is 20.8. The fraction of sp³-hybridized carbons (Fsp3) is 0.667. The number of nitrogens with zero attached hydrogens (tertiary/aromatic N) is 2. The van der Waals surface area contributed by atoms with Crippen LogP contribution in [0.15, 0.2) is 24.3 Å². The van der Waals surface area contributed by atoms with Crippen LogP contribution >= 0.6 is 0 Å². The third-order valence-electron chi connectivity index (χ3n) is 8.23. The number of halogens is 1. The number of ether oxygens (including phenoxy) is 2. The minimum Gasteiger partial charge on any atom is -0.458 e. The zero-order chi connectivity index (χ0) is 25.0. The molecule has 7 nitrogen and oxygen atoms in total. The lowest BCUT2D eigenvalue weighted by Gasteiger charge is -2.42. The van der Waals surface area contributed by atoms with Crippen molar-refractivity contribution < 1.29 is 28.2 Å². The van der Waals surface area contributed by atoms with Crippen LogP contribution in [0.1, 0.15) is 56.9 Å². The van der Waals surface area contributed by atoms with Crippen molar-refractivity contribution in [1.82, 2.24) is 9.80 Å². The van der Waals surface area contributed by atoms with E-state index in [1.54, 1.807) is 24.1 Å². The third-order valence-corrected chi connectivity index (χ3v) is 8.23. The van der Waals surface area contributed by atoms with Gasteiger partial charge in [0.15, 0.2) is 0 Å². The molecule has 2 heterocycles. The number of hydrogen-bond donors (Lipinski definition) is 0. The van der Waals surface area contributed by atoms with E-state index < -0.39 is 5.60 Å². The summed E-state index contributed by atoms with van der Waals surface area (Å²) < 4.78 is 24.2. The Labute approximate surface area is 206 Å². The molecular weight excluding hydrogens is 451 g/mol. The lowest BCUT2D eigenvalue weighted by atomic mass is 9.75. The summed E-state index contributed by atoms with van der Waals surface area (Å²) in [6.45, 7) is 1.19. The Kier molecular flexibility index (Phi) is 8.09. The van der Waals surface area contributed by atoms with Gasteiger partial charge in [0, 0.05) is 33.3 Å². The maximum Gasteiger partial charge on any atom is 0.307 e. The van der Waals surface area contributed by atoms with Crippen molar-refractivity contribution in [1.29, 1.82) is 0 Å². The number of rotatable bonds is 7. The van der Waals surface area contributed by atoms with Gasteiger partial charge >= 0.3 is 5.97 Å². The molecule has 2 amide bonds. The molecule has 1 spiro atoms. The van der Waals surface area contributed by atoms with Crippen LogP contribution in [0.4, 0.5) is 4.39 Å². The lowest BCUT2D eigenvalue weighted by Crippen LogP contribution is -2.52. The highest BCUT2D eigenvalue weighted by Gasteiger charge is 2.54. The van der Waals surface area contributed by atoms with Crippen LogP contribution < -0.4 is 0 Å². The number of likely N-dealkylation sites (N-methyl/N-ethyl adjacent to an activating group) is 1. The van der Waals surface area contributed by atoms with Crippen LogP contribution in [-0.2, 0) is 30.3 Å². The van der Waals surface area contributed by atoms with Gasteiger partial charge in [0.25, 0.3) is 0 Å². The number of carbonyl (C=O) groups is 3. The molecule has 192 valence electrons. The Balaban J connectivity index is 1.43. The first-order valence-electron chi connectivity index (χ1n) is 12.8. The smallest absolute Gasteiger partial charge is 0.307 e. The van der Waals surface area contributed by atoms with Gasteiger partial charge in [-0.15, -0.1) is 0 Å². The van der Waals surface area contributed by atoms with Gasteiger partial charge < -0.3 is 19.3 Å². The van der Waals surface area contributed by atoms with E-state index in [1.807, 2.05) is 4.90 Å². The zero-order valence-corrected chi connectivity index (χ0v) is 20.8. The van der Waals surface area contributed by atoms with Crippen molar-refractivity contribution >= 4 is 17.8 Å². The Morgan fingerprint density at radius 3 is 2.46 bits per heavy atom. The highest BCUT2D eigenvalue weighted by molar-refractivity contribution is 5.88. The van der Waals surface area contributed by atoms with E-state index in [9.17, 15) is 18.8 Å². The standard InChI is InChI=1S/C27H37FN2O5/c1-29(24(31)18-34-2)23(16-19-6-8-21(28)9-7-19)20-10-14-30(15-11-20)26(33)22-17-25(32)35-27(22)12-4-3-5-13-27/h6-9,20,22-23H,3-5,10-18H2,1-2H3/t22-,23+/m1/s1. The topological polar surface area (TPSA) is 76.2 Å². The molecule has 4 rings (SSSR count). The molecular formula is C27H37FN2O5. The van der Waals surface area contributed by atoms with E-state index in [0.717, 1.165) is 50.5 Å². The molecule has 0 N–H and O–H groups in total. The monoisotopic (exact) mass is 488 g/mol. The van der Waals surface area contributed by atoms with Crippen LogP contribution in [0.5, 0.6) is 0 Å². The van der Waals surface area contributed by atoms with Crippen LogP contribution in [0, 0.1) is 17.7 Å². The van der Waals surface area contributed by atoms with Gasteiger partial charge in [-0.25, -0.2) is 4.39 Å². The summed E-state index contributed by atoms with van der Waals surface area (Å²) in [7, 11) is 3.29. The average molecular weight is 489 g/mol. The molecule has 0 bridgehead atoms. The summed E-state index contributed by atoms with van der Waals surface area (Å²) in [4.78, 5) is 42.0. The van der Waals surface area contributed by atoms with E-state index in [-0.39, 0.29) is 54.5 Å². The van der Waals surface area contributed by atoms with Crippen LogP contribution in [-0.4, -0.2) is 73.1 Å². The summed E-state index contributed by atoms with van der Waals surface area (Å²) in [6, 6.07) is 6.32. The fourth-order valence-corrected chi connectivity index (χ4v) is 6.22. The molecule has 1 aromatic carbocycles. The predicted octanol–water partition coefficient (Wildman–Crippen LogP) is 3.35. The average Bonchev–Trinajstić information content (AvgIpc) is 3.18. The first-order chi connectivity index (χ1) is 16.8. The normalized spacial score (nSPS) is 23.2. The number of piperidine rings is 1. The molecule has 3 aliphatic rings. The second-order valence-corrected chi connectivity index (χ2v) is 10.4. The molecule has 1 aliphatic carbocycles. The largest absolute Gasteiger partial charge is 0.458 e. The summed E-state index contributed by atoms with van der Waals surface area (Å²) >= 11 is 0. The molecule has 3 fully saturated rings. The van der Waals surface area contributed by atoms with Gasteiger partial charge in [-0.2, -0.15) is 0 Å². The van der Waals surface area contributed by atoms with E-state index in [1.165, 1.54) is 19.2 Å². The summed E-state index contributed by atoms with van der Waals surface area (Å²) in [5.41, 5.74) is 0.356. The Bertz CT molecular complexity index is 907. The van der Waals surface area contributed by atoms with Crippen LogP contribution in [0.25, 0.3) is 0 Å². The number of amides is 2. The number of likely N-dealkylation sites (tertiary alicyclic amines) is 1. The quantitative estimate of drug-likeness (QED) is 0.551. The molecule has 2 atom stereocenters. The van der Waals surface area contributed by atoms with Crippen molar-refractivity contribution in [3.63, 3.8) is 0 Å². The van der Waals surface area contributed by atoms with Crippen LogP contribution in [0.3, 0.4) is 0 Å². The number of carbonyl (C=O) groups excluding carboxylic acids is 3. The van der Waals surface area contributed by atoms with E-state index in [4.69, 9.17) is 9.47 Å². The van der Waals surface area contributed by atoms with Gasteiger partial charge in [-0.05, 0) is 68.6 Å². The van der Waals surface area contributed by atoms with Gasteiger partial charge in [0.05, 0.1) is 12.3 Å².